The molecule has 0 saturated heterocycles. The lowest BCUT2D eigenvalue weighted by atomic mass is 10.0. The van der Waals surface area contributed by atoms with Crippen molar-refractivity contribution < 1.29 is 23.1 Å². The van der Waals surface area contributed by atoms with E-state index in [1.54, 1.807) is 6.07 Å². The van der Waals surface area contributed by atoms with Gasteiger partial charge in [0.25, 0.3) is 0 Å². The molecule has 8 heteroatoms. The third-order valence-electron chi connectivity index (χ3n) is 4.30. The highest BCUT2D eigenvalue weighted by molar-refractivity contribution is 6.06. The summed E-state index contributed by atoms with van der Waals surface area (Å²) in [6.45, 7) is 0.896. The van der Waals surface area contributed by atoms with Crippen LogP contribution in [0, 0.1) is 13.8 Å². The molecule has 1 aliphatic rings. The van der Waals surface area contributed by atoms with Gasteiger partial charge in [0.1, 0.15) is 11.8 Å². The van der Waals surface area contributed by atoms with E-state index in [9.17, 15) is 18.4 Å². The van der Waals surface area contributed by atoms with Gasteiger partial charge in [-0.2, -0.15) is 8.78 Å². The SMILES string of the molecule is Cc1cc2c(cc1C)N[C@@H](CC(=O)Nc1ccccc1OC(F)F)C(=O)N2. The smallest absolute Gasteiger partial charge is 0.387 e. The molecule has 3 N–H and O–H groups in total. The van der Waals surface area contributed by atoms with Gasteiger partial charge < -0.3 is 20.7 Å². The van der Waals surface area contributed by atoms with Crippen LogP contribution in [0.25, 0.3) is 0 Å². The number of rotatable bonds is 5. The number of hydrogen-bond donors (Lipinski definition) is 3. The summed E-state index contributed by atoms with van der Waals surface area (Å²) < 4.78 is 29.3. The van der Waals surface area contributed by atoms with Crippen LogP contribution in [-0.4, -0.2) is 24.5 Å². The van der Waals surface area contributed by atoms with Gasteiger partial charge in [-0.15, -0.1) is 0 Å². The van der Waals surface area contributed by atoms with Crippen molar-refractivity contribution in [3.05, 3.63) is 47.5 Å². The molecule has 2 aromatic carbocycles. The van der Waals surface area contributed by atoms with Crippen LogP contribution in [-0.2, 0) is 9.59 Å². The predicted molar refractivity (Wildman–Crippen MR) is 98.3 cm³/mol. The Balaban J connectivity index is 1.70. The number of benzene rings is 2. The maximum Gasteiger partial charge on any atom is 0.387 e. The molecule has 0 bridgehead atoms. The third kappa shape index (κ3) is 4.33. The third-order valence-corrected chi connectivity index (χ3v) is 4.30. The quantitative estimate of drug-likeness (QED) is 0.745. The normalized spacial score (nSPS) is 15.6. The van der Waals surface area contributed by atoms with Crippen LogP contribution in [0.5, 0.6) is 5.75 Å². The molecular formula is C19H19F2N3O3. The number of anilines is 3. The molecule has 0 radical (unpaired) electrons. The van der Waals surface area contributed by atoms with E-state index in [1.807, 2.05) is 26.0 Å². The maximum atomic E-state index is 12.5. The van der Waals surface area contributed by atoms with E-state index in [1.165, 1.54) is 18.2 Å². The number of carbonyl (C=O) groups is 2. The Hall–Kier alpha value is -3.16. The van der Waals surface area contributed by atoms with Gasteiger partial charge in [-0.25, -0.2) is 0 Å². The Kier molecular flexibility index (Phi) is 5.25. The minimum absolute atomic E-state index is 0.117. The fraction of sp³-hybridized carbons (Fsp3) is 0.263. The lowest BCUT2D eigenvalue weighted by molar-refractivity contribution is -0.122. The molecule has 2 amide bonds. The Morgan fingerprint density at radius 3 is 2.56 bits per heavy atom. The first-order valence-corrected chi connectivity index (χ1v) is 8.36. The highest BCUT2D eigenvalue weighted by Crippen LogP contribution is 2.31. The number of aryl methyl sites for hydroxylation is 2. The Morgan fingerprint density at radius 2 is 1.85 bits per heavy atom. The van der Waals surface area contributed by atoms with Crippen LogP contribution in [0.4, 0.5) is 25.8 Å². The summed E-state index contributed by atoms with van der Waals surface area (Å²) in [4.78, 5) is 24.6. The van der Waals surface area contributed by atoms with Crippen LogP contribution in [0.2, 0.25) is 0 Å². The fourth-order valence-corrected chi connectivity index (χ4v) is 2.81. The summed E-state index contributed by atoms with van der Waals surface area (Å²) >= 11 is 0. The van der Waals surface area contributed by atoms with Gasteiger partial charge in [-0.3, -0.25) is 9.59 Å². The monoisotopic (exact) mass is 375 g/mol. The van der Waals surface area contributed by atoms with E-state index in [-0.39, 0.29) is 23.8 Å². The first-order chi connectivity index (χ1) is 12.8. The van der Waals surface area contributed by atoms with Gasteiger partial charge in [0, 0.05) is 0 Å². The van der Waals surface area contributed by atoms with Crippen molar-refractivity contribution in [1.29, 1.82) is 0 Å². The number of amides is 2. The van der Waals surface area contributed by atoms with Gasteiger partial charge in [0.05, 0.1) is 23.5 Å². The number of hydrogen-bond acceptors (Lipinski definition) is 4. The predicted octanol–water partition coefficient (Wildman–Crippen LogP) is 3.67. The highest BCUT2D eigenvalue weighted by Gasteiger charge is 2.28. The van der Waals surface area contributed by atoms with Crippen LogP contribution >= 0.6 is 0 Å². The topological polar surface area (TPSA) is 79.5 Å². The summed E-state index contributed by atoms with van der Waals surface area (Å²) in [6, 6.07) is 8.87. The van der Waals surface area contributed by atoms with E-state index >= 15 is 0 Å². The van der Waals surface area contributed by atoms with Crippen LogP contribution < -0.4 is 20.7 Å². The van der Waals surface area contributed by atoms with Crippen molar-refractivity contribution >= 4 is 28.9 Å². The fourth-order valence-electron chi connectivity index (χ4n) is 2.81. The largest absolute Gasteiger partial charge is 0.433 e. The number of nitrogens with one attached hydrogen (secondary N) is 3. The maximum absolute atomic E-state index is 12.5. The van der Waals surface area contributed by atoms with E-state index < -0.39 is 18.6 Å². The number of fused-ring (bicyclic) bond motifs is 1. The average molecular weight is 375 g/mol. The van der Waals surface area contributed by atoms with Gasteiger partial charge in [-0.1, -0.05) is 12.1 Å². The first kappa shape index (κ1) is 18.6. The van der Waals surface area contributed by atoms with Crippen molar-refractivity contribution in [2.45, 2.75) is 32.9 Å². The van der Waals surface area contributed by atoms with Crippen LogP contribution in [0.15, 0.2) is 36.4 Å². The van der Waals surface area contributed by atoms with Crippen molar-refractivity contribution in [2.75, 3.05) is 16.0 Å². The van der Waals surface area contributed by atoms with Crippen molar-refractivity contribution in [2.24, 2.45) is 0 Å². The van der Waals surface area contributed by atoms with E-state index in [0.29, 0.717) is 5.69 Å². The molecule has 1 atom stereocenters. The lowest BCUT2D eigenvalue weighted by Crippen LogP contribution is -2.41. The Bertz CT molecular complexity index is 886. The second-order valence-electron chi connectivity index (χ2n) is 6.30. The molecule has 0 aliphatic carbocycles. The molecular weight excluding hydrogens is 356 g/mol. The Labute approximate surface area is 154 Å². The standard InChI is InChI=1S/C19H19F2N3O3/c1-10-7-13-14(8-11(10)2)24-18(26)15(22-13)9-17(25)23-12-5-3-4-6-16(12)27-19(20)21/h3-8,15,19,22H,9H2,1-2H3,(H,23,25)(H,24,26)/t15-/m0/s1. The summed E-state index contributed by atoms with van der Waals surface area (Å²) in [5, 5.41) is 8.34. The molecule has 0 aromatic heterocycles. The van der Waals surface area contributed by atoms with Crippen molar-refractivity contribution in [1.82, 2.24) is 0 Å². The zero-order chi connectivity index (χ0) is 19.6. The number of carbonyl (C=O) groups excluding carboxylic acids is 2. The highest BCUT2D eigenvalue weighted by atomic mass is 19.3. The van der Waals surface area contributed by atoms with E-state index in [0.717, 1.165) is 16.8 Å². The average Bonchev–Trinajstić information content (AvgIpc) is 2.59. The minimum atomic E-state index is -3.00. The first-order valence-electron chi connectivity index (χ1n) is 8.36. The summed E-state index contributed by atoms with van der Waals surface area (Å²) in [5.41, 5.74) is 3.61. The molecule has 1 aliphatic heterocycles. The molecule has 0 spiro atoms. The molecule has 142 valence electrons. The molecule has 0 unspecified atom stereocenters. The molecule has 2 aromatic rings. The number of ether oxygens (including phenoxy) is 1. The lowest BCUT2D eigenvalue weighted by Gasteiger charge is -2.27. The Morgan fingerprint density at radius 1 is 1.19 bits per heavy atom. The number of halogens is 2. The molecule has 1 heterocycles. The number of alkyl halides is 2. The van der Waals surface area contributed by atoms with Gasteiger partial charge in [0.2, 0.25) is 11.8 Å². The van der Waals surface area contributed by atoms with Crippen LogP contribution in [0.3, 0.4) is 0 Å². The second kappa shape index (κ2) is 7.61. The zero-order valence-electron chi connectivity index (χ0n) is 14.8. The van der Waals surface area contributed by atoms with E-state index in [4.69, 9.17) is 0 Å². The van der Waals surface area contributed by atoms with Gasteiger partial charge >= 0.3 is 6.61 Å². The van der Waals surface area contributed by atoms with Gasteiger partial charge in [-0.05, 0) is 49.2 Å². The van der Waals surface area contributed by atoms with E-state index in [2.05, 4.69) is 20.7 Å². The molecule has 0 fully saturated rings. The number of para-hydroxylation sites is 2. The van der Waals surface area contributed by atoms with Crippen molar-refractivity contribution in [3.8, 4) is 5.75 Å². The second-order valence-corrected chi connectivity index (χ2v) is 6.30. The minimum Gasteiger partial charge on any atom is -0.433 e. The summed E-state index contributed by atoms with van der Waals surface area (Å²) in [5.74, 6) is -0.975. The molecule has 27 heavy (non-hydrogen) atoms. The molecule has 3 rings (SSSR count). The van der Waals surface area contributed by atoms with Gasteiger partial charge in [0.15, 0.2) is 0 Å². The van der Waals surface area contributed by atoms with Crippen LogP contribution in [0.1, 0.15) is 17.5 Å². The molecule has 6 nitrogen and oxygen atoms in total. The summed E-state index contributed by atoms with van der Waals surface area (Å²) in [7, 11) is 0. The zero-order valence-corrected chi connectivity index (χ0v) is 14.8. The molecule has 0 saturated carbocycles. The van der Waals surface area contributed by atoms with Crippen molar-refractivity contribution in [3.63, 3.8) is 0 Å². The summed E-state index contributed by atoms with van der Waals surface area (Å²) in [6.07, 6.45) is -0.165.